The van der Waals surface area contributed by atoms with Gasteiger partial charge in [0, 0.05) is 12.4 Å². The zero-order valence-corrected chi connectivity index (χ0v) is 6.74. The van der Waals surface area contributed by atoms with Crippen LogP contribution in [-0.2, 0) is 11.2 Å². The van der Waals surface area contributed by atoms with Gasteiger partial charge in [0.15, 0.2) is 0 Å². The summed E-state index contributed by atoms with van der Waals surface area (Å²) < 4.78 is 0. The number of rotatable bonds is 2. The van der Waals surface area contributed by atoms with Gasteiger partial charge in [0.2, 0.25) is 5.91 Å². The molecular weight excluding hydrogens is 156 g/mol. The number of aryl methyl sites for hydroxylation is 1. The first-order chi connectivity index (χ1) is 5.72. The Hall–Kier alpha value is -1.49. The van der Waals surface area contributed by atoms with Gasteiger partial charge in [-0.2, -0.15) is 0 Å². The molecule has 0 atom stereocenters. The van der Waals surface area contributed by atoms with Crippen molar-refractivity contribution in [2.75, 3.05) is 0 Å². The van der Waals surface area contributed by atoms with Gasteiger partial charge >= 0.3 is 0 Å². The van der Waals surface area contributed by atoms with Gasteiger partial charge in [0.05, 0.1) is 6.42 Å². The molecule has 1 heterocycles. The Balaban J connectivity index is 2.64. The number of nitrogens with zero attached hydrogens (tertiary/aromatic N) is 2. The molecule has 0 aliphatic rings. The fourth-order valence-electron chi connectivity index (χ4n) is 0.747. The molecule has 1 amide bonds. The van der Waals surface area contributed by atoms with Gasteiger partial charge in [0.1, 0.15) is 5.82 Å². The summed E-state index contributed by atoms with van der Waals surface area (Å²) in [6.45, 7) is 1.78. The van der Waals surface area contributed by atoms with Crippen LogP contribution in [0.4, 0.5) is 0 Å². The molecule has 5 nitrogen and oxygen atoms in total. The minimum atomic E-state index is -0.248. The van der Waals surface area contributed by atoms with Crippen molar-refractivity contribution >= 4 is 5.91 Å². The fraction of sp³-hybridized carbons (Fsp3) is 0.286. The third-order valence-corrected chi connectivity index (χ3v) is 1.36. The van der Waals surface area contributed by atoms with Gasteiger partial charge in [0.25, 0.3) is 0 Å². The summed E-state index contributed by atoms with van der Waals surface area (Å²) in [4.78, 5) is 18.6. The number of hydrazine groups is 1. The number of hydrogen-bond donors (Lipinski definition) is 2. The van der Waals surface area contributed by atoms with Crippen molar-refractivity contribution in [2.45, 2.75) is 13.3 Å². The second-order valence-electron chi connectivity index (χ2n) is 2.38. The van der Waals surface area contributed by atoms with E-state index in [2.05, 4.69) is 9.97 Å². The van der Waals surface area contributed by atoms with Crippen molar-refractivity contribution in [3.63, 3.8) is 0 Å². The average molecular weight is 166 g/mol. The number of aromatic nitrogens is 2. The lowest BCUT2D eigenvalue weighted by atomic mass is 10.2. The second-order valence-corrected chi connectivity index (χ2v) is 2.38. The summed E-state index contributed by atoms with van der Waals surface area (Å²) in [5.41, 5.74) is 2.79. The molecular formula is C7H10N4O. The van der Waals surface area contributed by atoms with Crippen molar-refractivity contribution in [1.82, 2.24) is 15.4 Å². The molecule has 12 heavy (non-hydrogen) atoms. The van der Waals surface area contributed by atoms with E-state index in [4.69, 9.17) is 5.84 Å². The van der Waals surface area contributed by atoms with Crippen molar-refractivity contribution < 1.29 is 4.79 Å². The number of nitrogens with two attached hydrogens (primary N) is 1. The Labute approximate surface area is 70.0 Å². The summed E-state index contributed by atoms with van der Waals surface area (Å²) in [7, 11) is 0. The van der Waals surface area contributed by atoms with E-state index in [-0.39, 0.29) is 12.3 Å². The molecule has 1 aromatic heterocycles. The molecule has 0 aliphatic carbocycles. The van der Waals surface area contributed by atoms with Crippen LogP contribution in [0.15, 0.2) is 12.4 Å². The van der Waals surface area contributed by atoms with E-state index in [9.17, 15) is 4.79 Å². The van der Waals surface area contributed by atoms with E-state index in [0.717, 1.165) is 5.56 Å². The maximum Gasteiger partial charge on any atom is 0.238 e. The first-order valence-corrected chi connectivity index (χ1v) is 3.49. The Bertz CT molecular complexity index is 269. The quantitative estimate of drug-likeness (QED) is 0.346. The van der Waals surface area contributed by atoms with Crippen LogP contribution in [0.3, 0.4) is 0 Å². The van der Waals surface area contributed by atoms with E-state index < -0.39 is 0 Å². The molecule has 5 heteroatoms. The molecule has 0 aliphatic heterocycles. The van der Waals surface area contributed by atoms with Crippen LogP contribution in [0.5, 0.6) is 0 Å². The molecule has 3 N–H and O–H groups in total. The van der Waals surface area contributed by atoms with Crippen molar-refractivity contribution in [3.05, 3.63) is 23.8 Å². The van der Waals surface area contributed by atoms with Crippen LogP contribution < -0.4 is 11.3 Å². The molecule has 1 aromatic rings. The number of carbonyl (C=O) groups excluding carboxylic acids is 1. The fourth-order valence-corrected chi connectivity index (χ4v) is 0.747. The minimum Gasteiger partial charge on any atom is -0.294 e. The molecule has 64 valence electrons. The smallest absolute Gasteiger partial charge is 0.238 e. The predicted octanol–water partition coefficient (Wildman–Crippen LogP) is -0.683. The molecule has 0 saturated heterocycles. The van der Waals surface area contributed by atoms with E-state index in [1.807, 2.05) is 5.43 Å². The van der Waals surface area contributed by atoms with Gasteiger partial charge < -0.3 is 0 Å². The molecule has 0 bridgehead atoms. The van der Waals surface area contributed by atoms with Gasteiger partial charge in [-0.25, -0.2) is 15.8 Å². The van der Waals surface area contributed by atoms with E-state index >= 15 is 0 Å². The Morgan fingerprint density at radius 1 is 1.58 bits per heavy atom. The van der Waals surface area contributed by atoms with Gasteiger partial charge in [-0.15, -0.1) is 0 Å². The van der Waals surface area contributed by atoms with Gasteiger partial charge in [-0.05, 0) is 12.5 Å². The summed E-state index contributed by atoms with van der Waals surface area (Å²) in [6, 6.07) is 0. The van der Waals surface area contributed by atoms with Crippen LogP contribution in [0.2, 0.25) is 0 Å². The zero-order valence-electron chi connectivity index (χ0n) is 6.74. The average Bonchev–Trinajstić information content (AvgIpc) is 2.09. The SMILES string of the molecule is Cc1ncc(CC(=O)NN)cn1. The van der Waals surface area contributed by atoms with Crippen LogP contribution in [0, 0.1) is 6.92 Å². The van der Waals surface area contributed by atoms with Crippen molar-refractivity contribution in [2.24, 2.45) is 5.84 Å². The molecule has 1 rings (SSSR count). The third-order valence-electron chi connectivity index (χ3n) is 1.36. The Morgan fingerprint density at radius 2 is 2.17 bits per heavy atom. The van der Waals surface area contributed by atoms with Crippen molar-refractivity contribution in [3.8, 4) is 0 Å². The van der Waals surface area contributed by atoms with E-state index in [1.54, 1.807) is 19.3 Å². The highest BCUT2D eigenvalue weighted by Gasteiger charge is 2.00. The minimum absolute atomic E-state index is 0.219. The lowest BCUT2D eigenvalue weighted by Gasteiger charge is -1.98. The van der Waals surface area contributed by atoms with Crippen LogP contribution in [0.1, 0.15) is 11.4 Å². The summed E-state index contributed by atoms with van der Waals surface area (Å²) in [6.07, 6.45) is 3.44. The standard InChI is InChI=1S/C7H10N4O/c1-5-9-3-6(4-10-5)2-7(12)11-8/h3-4H,2,8H2,1H3,(H,11,12). The Morgan fingerprint density at radius 3 is 2.67 bits per heavy atom. The first kappa shape index (κ1) is 8.61. The first-order valence-electron chi connectivity index (χ1n) is 3.49. The largest absolute Gasteiger partial charge is 0.294 e. The third kappa shape index (κ3) is 2.28. The highest BCUT2D eigenvalue weighted by atomic mass is 16.2. The molecule has 0 aromatic carbocycles. The maximum absolute atomic E-state index is 10.8. The number of carbonyl (C=O) groups is 1. The molecule has 0 spiro atoms. The summed E-state index contributed by atoms with van der Waals surface area (Å²) >= 11 is 0. The number of nitrogens with one attached hydrogen (secondary N) is 1. The molecule has 0 fully saturated rings. The topological polar surface area (TPSA) is 80.9 Å². The van der Waals surface area contributed by atoms with E-state index in [1.165, 1.54) is 0 Å². The Kier molecular flexibility index (Phi) is 2.71. The molecule has 0 radical (unpaired) electrons. The maximum atomic E-state index is 10.8. The molecule has 0 saturated carbocycles. The van der Waals surface area contributed by atoms with Crippen LogP contribution >= 0.6 is 0 Å². The summed E-state index contributed by atoms with van der Waals surface area (Å²) in [5.74, 6) is 5.35. The van der Waals surface area contributed by atoms with E-state index in [0.29, 0.717) is 5.82 Å². The predicted molar refractivity (Wildman–Crippen MR) is 42.8 cm³/mol. The highest BCUT2D eigenvalue weighted by Crippen LogP contribution is 1.95. The van der Waals surface area contributed by atoms with Crippen LogP contribution in [0.25, 0.3) is 0 Å². The number of amides is 1. The second kappa shape index (κ2) is 3.77. The lowest BCUT2D eigenvalue weighted by molar-refractivity contribution is -0.120. The number of hydrogen-bond acceptors (Lipinski definition) is 4. The monoisotopic (exact) mass is 166 g/mol. The zero-order chi connectivity index (χ0) is 8.97. The normalized spacial score (nSPS) is 9.50. The van der Waals surface area contributed by atoms with Gasteiger partial charge in [-0.3, -0.25) is 10.2 Å². The van der Waals surface area contributed by atoms with Crippen molar-refractivity contribution in [1.29, 1.82) is 0 Å². The van der Waals surface area contributed by atoms with Crippen LogP contribution in [-0.4, -0.2) is 15.9 Å². The van der Waals surface area contributed by atoms with Gasteiger partial charge in [-0.1, -0.05) is 0 Å². The summed E-state index contributed by atoms with van der Waals surface area (Å²) in [5, 5.41) is 0. The lowest BCUT2D eigenvalue weighted by Crippen LogP contribution is -2.31. The highest BCUT2D eigenvalue weighted by molar-refractivity contribution is 5.77. The molecule has 0 unspecified atom stereocenters.